The van der Waals surface area contributed by atoms with Crippen molar-refractivity contribution in [3.05, 3.63) is 58.1 Å². The third-order valence-electron chi connectivity index (χ3n) is 3.13. The van der Waals surface area contributed by atoms with Gasteiger partial charge in [-0.05, 0) is 5.56 Å². The van der Waals surface area contributed by atoms with Crippen molar-refractivity contribution in [3.63, 3.8) is 0 Å². The van der Waals surface area contributed by atoms with E-state index in [1.807, 2.05) is 30.3 Å². The Bertz CT molecular complexity index is 730. The predicted octanol–water partition coefficient (Wildman–Crippen LogP) is 2.50. The Balaban J connectivity index is 1.89. The van der Waals surface area contributed by atoms with Crippen LogP contribution in [0, 0.1) is 10.1 Å². The highest BCUT2D eigenvalue weighted by Gasteiger charge is 2.24. The number of rotatable bonds is 4. The normalized spacial score (nSPS) is 12.8. The molecule has 0 radical (unpaired) electrons. The number of ether oxygens (including phenoxy) is 2. The van der Waals surface area contributed by atoms with Crippen molar-refractivity contribution >= 4 is 17.3 Å². The third kappa shape index (κ3) is 2.83. The summed E-state index contributed by atoms with van der Waals surface area (Å²) in [5.74, 6) is 0.0344. The molecule has 1 heterocycles. The van der Waals surface area contributed by atoms with Crippen molar-refractivity contribution in [2.75, 3.05) is 11.9 Å². The van der Waals surface area contributed by atoms with Gasteiger partial charge in [-0.15, -0.1) is 0 Å². The predicted molar refractivity (Wildman–Crippen MR) is 78.0 cm³/mol. The van der Waals surface area contributed by atoms with E-state index in [2.05, 4.69) is 5.32 Å². The maximum absolute atomic E-state index is 11.3. The van der Waals surface area contributed by atoms with Gasteiger partial charge in [-0.25, -0.2) is 0 Å². The van der Waals surface area contributed by atoms with E-state index in [1.165, 1.54) is 12.1 Å². The van der Waals surface area contributed by atoms with Crippen molar-refractivity contribution < 1.29 is 19.2 Å². The summed E-state index contributed by atoms with van der Waals surface area (Å²) < 4.78 is 10.7. The number of nitro benzene ring substituents is 1. The second kappa shape index (κ2) is 5.72. The van der Waals surface area contributed by atoms with E-state index in [9.17, 15) is 14.9 Å². The maximum atomic E-state index is 11.3. The number of anilines is 1. The summed E-state index contributed by atoms with van der Waals surface area (Å²) in [5, 5.41) is 13.8. The van der Waals surface area contributed by atoms with E-state index in [1.54, 1.807) is 0 Å². The molecule has 3 rings (SSSR count). The third-order valence-corrected chi connectivity index (χ3v) is 3.13. The minimum absolute atomic E-state index is 0.0819. The van der Waals surface area contributed by atoms with Crippen molar-refractivity contribution in [2.45, 2.75) is 6.61 Å². The number of carbonyl (C=O) groups is 1. The average Bonchev–Trinajstić information content (AvgIpc) is 2.52. The molecular weight excluding hydrogens is 288 g/mol. The molecule has 0 spiro atoms. The summed E-state index contributed by atoms with van der Waals surface area (Å²) in [6, 6.07) is 12.0. The molecule has 0 aliphatic carbocycles. The summed E-state index contributed by atoms with van der Waals surface area (Å²) in [6.07, 6.45) is 0. The second-order valence-electron chi connectivity index (χ2n) is 4.68. The fourth-order valence-corrected chi connectivity index (χ4v) is 2.09. The molecule has 0 bridgehead atoms. The first-order chi connectivity index (χ1) is 10.6. The molecule has 2 aromatic carbocycles. The van der Waals surface area contributed by atoms with Gasteiger partial charge in [-0.2, -0.15) is 0 Å². The molecule has 0 fully saturated rings. The molecule has 0 atom stereocenters. The number of carbonyl (C=O) groups excluding carboxylic acids is 1. The van der Waals surface area contributed by atoms with Crippen molar-refractivity contribution in [3.8, 4) is 11.5 Å². The standard InChI is InChI=1S/C15H12N2O5/c18-15-9-22-13-7-12(17(19)20)14(6-11(13)16-15)21-8-10-4-2-1-3-5-10/h1-7H,8-9H2,(H,16,18). The summed E-state index contributed by atoms with van der Waals surface area (Å²) in [5.41, 5.74) is 1.05. The van der Waals surface area contributed by atoms with Crippen LogP contribution in [0.2, 0.25) is 0 Å². The highest BCUT2D eigenvalue weighted by Crippen LogP contribution is 2.39. The summed E-state index contributed by atoms with van der Waals surface area (Å²) >= 11 is 0. The molecule has 1 amide bonds. The van der Waals surface area contributed by atoms with Crippen LogP contribution in [0.5, 0.6) is 11.5 Å². The number of hydrogen-bond acceptors (Lipinski definition) is 5. The van der Waals surface area contributed by atoms with E-state index in [0.717, 1.165) is 5.56 Å². The van der Waals surface area contributed by atoms with Crippen LogP contribution in [0.15, 0.2) is 42.5 Å². The molecule has 7 heteroatoms. The highest BCUT2D eigenvalue weighted by molar-refractivity contribution is 5.96. The molecular formula is C15H12N2O5. The average molecular weight is 300 g/mol. The quantitative estimate of drug-likeness (QED) is 0.692. The van der Waals surface area contributed by atoms with Crippen LogP contribution in [0.25, 0.3) is 0 Å². The molecule has 112 valence electrons. The van der Waals surface area contributed by atoms with Crippen LogP contribution in [-0.4, -0.2) is 17.4 Å². The molecule has 0 aromatic heterocycles. The van der Waals surface area contributed by atoms with Crippen LogP contribution < -0.4 is 14.8 Å². The van der Waals surface area contributed by atoms with Gasteiger partial charge in [0.25, 0.3) is 5.91 Å². The minimum Gasteiger partial charge on any atom is -0.482 e. The van der Waals surface area contributed by atoms with Crippen LogP contribution in [-0.2, 0) is 11.4 Å². The summed E-state index contributed by atoms with van der Waals surface area (Å²) in [6.45, 7) is 0.0314. The van der Waals surface area contributed by atoms with Gasteiger partial charge in [-0.3, -0.25) is 14.9 Å². The number of benzene rings is 2. The molecule has 0 saturated carbocycles. The van der Waals surface area contributed by atoms with Crippen LogP contribution >= 0.6 is 0 Å². The van der Waals surface area contributed by atoms with Gasteiger partial charge >= 0.3 is 5.69 Å². The van der Waals surface area contributed by atoms with Crippen LogP contribution in [0.1, 0.15) is 5.56 Å². The summed E-state index contributed by atoms with van der Waals surface area (Å²) in [7, 11) is 0. The van der Waals surface area contributed by atoms with Gasteiger partial charge in [0, 0.05) is 6.07 Å². The Morgan fingerprint density at radius 1 is 1.27 bits per heavy atom. The van der Waals surface area contributed by atoms with Gasteiger partial charge in [-0.1, -0.05) is 30.3 Å². The minimum atomic E-state index is -0.541. The molecule has 7 nitrogen and oxygen atoms in total. The second-order valence-corrected chi connectivity index (χ2v) is 4.68. The first-order valence-corrected chi connectivity index (χ1v) is 6.55. The molecule has 1 aliphatic heterocycles. The van der Waals surface area contributed by atoms with Crippen molar-refractivity contribution in [2.24, 2.45) is 0 Å². The topological polar surface area (TPSA) is 90.7 Å². The largest absolute Gasteiger partial charge is 0.482 e. The Kier molecular flexibility index (Phi) is 3.61. The lowest BCUT2D eigenvalue weighted by Gasteiger charge is -2.18. The van der Waals surface area contributed by atoms with E-state index in [4.69, 9.17) is 9.47 Å². The molecule has 0 saturated heterocycles. The number of nitro groups is 1. The number of amides is 1. The first kappa shape index (κ1) is 13.9. The molecule has 0 unspecified atom stereocenters. The smallest absolute Gasteiger partial charge is 0.314 e. The number of hydrogen-bond donors (Lipinski definition) is 1. The lowest BCUT2D eigenvalue weighted by Crippen LogP contribution is -2.25. The monoisotopic (exact) mass is 300 g/mol. The van der Waals surface area contributed by atoms with Crippen LogP contribution in [0.3, 0.4) is 0 Å². The van der Waals surface area contributed by atoms with Gasteiger partial charge < -0.3 is 14.8 Å². The molecule has 22 heavy (non-hydrogen) atoms. The van der Waals surface area contributed by atoms with Gasteiger partial charge in [0.2, 0.25) is 0 Å². The Morgan fingerprint density at radius 2 is 2.05 bits per heavy atom. The lowest BCUT2D eigenvalue weighted by atomic mass is 10.2. The highest BCUT2D eigenvalue weighted by atomic mass is 16.6. The summed E-state index contributed by atoms with van der Waals surface area (Å²) in [4.78, 5) is 21.9. The Hall–Kier alpha value is -3.09. The number of nitrogens with one attached hydrogen (secondary N) is 1. The molecule has 2 aromatic rings. The van der Waals surface area contributed by atoms with E-state index < -0.39 is 4.92 Å². The SMILES string of the molecule is O=C1COc2cc([N+](=O)[O-])c(OCc3ccccc3)cc2N1. The van der Waals surface area contributed by atoms with E-state index in [-0.39, 0.29) is 36.3 Å². The van der Waals surface area contributed by atoms with Crippen molar-refractivity contribution in [1.29, 1.82) is 0 Å². The number of nitrogens with zero attached hydrogens (tertiary/aromatic N) is 1. The zero-order valence-corrected chi connectivity index (χ0v) is 11.4. The number of fused-ring (bicyclic) bond motifs is 1. The van der Waals surface area contributed by atoms with Crippen LogP contribution in [0.4, 0.5) is 11.4 Å². The Labute approximate surface area is 125 Å². The van der Waals surface area contributed by atoms with E-state index >= 15 is 0 Å². The molecule has 1 aliphatic rings. The fraction of sp³-hybridized carbons (Fsp3) is 0.133. The fourth-order valence-electron chi connectivity index (χ4n) is 2.09. The lowest BCUT2D eigenvalue weighted by molar-refractivity contribution is -0.386. The van der Waals surface area contributed by atoms with E-state index in [0.29, 0.717) is 5.69 Å². The first-order valence-electron chi connectivity index (χ1n) is 6.55. The Morgan fingerprint density at radius 3 is 2.77 bits per heavy atom. The van der Waals surface area contributed by atoms with Gasteiger partial charge in [0.05, 0.1) is 16.7 Å². The van der Waals surface area contributed by atoms with Gasteiger partial charge in [0.15, 0.2) is 18.1 Å². The maximum Gasteiger partial charge on any atom is 0.314 e. The van der Waals surface area contributed by atoms with Crippen molar-refractivity contribution in [1.82, 2.24) is 0 Å². The zero-order chi connectivity index (χ0) is 15.5. The zero-order valence-electron chi connectivity index (χ0n) is 11.4. The molecule has 1 N–H and O–H groups in total. The van der Waals surface area contributed by atoms with Gasteiger partial charge in [0.1, 0.15) is 6.61 Å².